The summed E-state index contributed by atoms with van der Waals surface area (Å²) in [6.45, 7) is 1.36. The van der Waals surface area contributed by atoms with Gasteiger partial charge < -0.3 is 11.1 Å². The van der Waals surface area contributed by atoms with E-state index in [0.29, 0.717) is 18.2 Å². The van der Waals surface area contributed by atoms with Gasteiger partial charge in [-0.25, -0.2) is 13.1 Å². The lowest BCUT2D eigenvalue weighted by molar-refractivity contribution is 0.590. The summed E-state index contributed by atoms with van der Waals surface area (Å²) in [5.41, 5.74) is 6.03. The van der Waals surface area contributed by atoms with E-state index in [9.17, 15) is 8.42 Å². The first-order valence-electron chi connectivity index (χ1n) is 5.25. The summed E-state index contributed by atoms with van der Waals surface area (Å²) in [7, 11) is -3.58. The third-order valence-corrected chi connectivity index (χ3v) is 3.67. The summed E-state index contributed by atoms with van der Waals surface area (Å²) in [5.74, 6) is 0.299. The van der Waals surface area contributed by atoms with E-state index < -0.39 is 10.0 Å². The highest BCUT2D eigenvalue weighted by atomic mass is 32.2. The Morgan fingerprint density at radius 2 is 2.00 bits per heavy atom. The molecule has 1 aliphatic rings. The van der Waals surface area contributed by atoms with E-state index in [0.717, 1.165) is 13.0 Å². The molecule has 0 radical (unpaired) electrons. The Morgan fingerprint density at radius 3 is 2.59 bits per heavy atom. The quantitative estimate of drug-likeness (QED) is 0.642. The largest absolute Gasteiger partial charge is 0.399 e. The summed E-state index contributed by atoms with van der Waals surface area (Å²) >= 11 is 0. The van der Waals surface area contributed by atoms with Gasteiger partial charge in [-0.15, -0.1) is 0 Å². The first kappa shape index (κ1) is 11.7. The average molecular weight is 254 g/mol. The molecule has 1 aliphatic heterocycles. The number of nitrogens with zero attached hydrogens (tertiary/aromatic N) is 1. The van der Waals surface area contributed by atoms with E-state index in [1.807, 2.05) is 0 Å². The average Bonchev–Trinajstić information content (AvgIpc) is 2.30. The Kier molecular flexibility index (Phi) is 3.19. The molecule has 0 amide bonds. The fraction of sp³-hybridized carbons (Fsp3) is 0.300. The second-order valence-corrected chi connectivity index (χ2v) is 5.37. The van der Waals surface area contributed by atoms with Crippen LogP contribution in [0.25, 0.3) is 0 Å². The minimum absolute atomic E-state index is 0.168. The lowest BCUT2D eigenvalue weighted by Crippen LogP contribution is -2.43. The van der Waals surface area contributed by atoms with Gasteiger partial charge in [-0.1, -0.05) is 0 Å². The Morgan fingerprint density at radius 1 is 1.29 bits per heavy atom. The monoisotopic (exact) mass is 254 g/mol. The van der Waals surface area contributed by atoms with Gasteiger partial charge in [0.25, 0.3) is 10.0 Å². The zero-order valence-corrected chi connectivity index (χ0v) is 10.00. The summed E-state index contributed by atoms with van der Waals surface area (Å²) < 4.78 is 26.3. The maximum atomic E-state index is 11.9. The third kappa shape index (κ3) is 2.88. The highest BCUT2D eigenvalue weighted by molar-refractivity contribution is 7.90. The predicted molar refractivity (Wildman–Crippen MR) is 66.1 cm³/mol. The Bertz CT molecular complexity index is 522. The van der Waals surface area contributed by atoms with Crippen molar-refractivity contribution in [3.63, 3.8) is 0 Å². The molecule has 2 rings (SSSR count). The second-order valence-electron chi connectivity index (χ2n) is 3.69. The first-order valence-corrected chi connectivity index (χ1v) is 6.73. The molecule has 92 valence electrons. The van der Waals surface area contributed by atoms with Gasteiger partial charge >= 0.3 is 0 Å². The summed E-state index contributed by atoms with van der Waals surface area (Å²) in [6, 6.07) is 6.01. The van der Waals surface area contributed by atoms with E-state index in [2.05, 4.69) is 15.0 Å². The van der Waals surface area contributed by atoms with Crippen LogP contribution in [0, 0.1) is 0 Å². The molecule has 0 bridgehead atoms. The fourth-order valence-electron chi connectivity index (χ4n) is 1.43. The van der Waals surface area contributed by atoms with Gasteiger partial charge in [-0.05, 0) is 30.7 Å². The summed E-state index contributed by atoms with van der Waals surface area (Å²) in [6.07, 6.45) is 0.910. The Labute approximate surface area is 100.0 Å². The molecular formula is C10H14N4O2S. The van der Waals surface area contributed by atoms with E-state index in [-0.39, 0.29) is 4.90 Å². The number of nitrogens with two attached hydrogens (primary N) is 1. The van der Waals surface area contributed by atoms with Crippen molar-refractivity contribution in [3.05, 3.63) is 24.3 Å². The van der Waals surface area contributed by atoms with Crippen LogP contribution in [0.4, 0.5) is 5.69 Å². The molecule has 0 aromatic heterocycles. The first-order chi connectivity index (χ1) is 8.08. The maximum Gasteiger partial charge on any atom is 0.264 e. The smallest absolute Gasteiger partial charge is 0.264 e. The van der Waals surface area contributed by atoms with Crippen LogP contribution in [0.1, 0.15) is 6.42 Å². The Hall–Kier alpha value is -1.76. The number of hydrogen-bond acceptors (Lipinski definition) is 5. The number of nitrogens with one attached hydrogen (secondary N) is 2. The van der Waals surface area contributed by atoms with Crippen molar-refractivity contribution in [1.29, 1.82) is 0 Å². The van der Waals surface area contributed by atoms with Crippen molar-refractivity contribution < 1.29 is 8.42 Å². The van der Waals surface area contributed by atoms with Gasteiger partial charge in [0.05, 0.1) is 4.90 Å². The van der Waals surface area contributed by atoms with Crippen molar-refractivity contribution >= 4 is 21.7 Å². The summed E-state index contributed by atoms with van der Waals surface area (Å²) in [5, 5.41) is 2.89. The fourth-order valence-corrected chi connectivity index (χ4v) is 2.44. The van der Waals surface area contributed by atoms with Gasteiger partial charge in [0.2, 0.25) is 5.96 Å². The van der Waals surface area contributed by atoms with Gasteiger partial charge in [0.1, 0.15) is 0 Å². The Balaban J connectivity index is 2.18. The molecule has 0 saturated heterocycles. The molecule has 7 heteroatoms. The zero-order chi connectivity index (χ0) is 12.3. The molecule has 0 atom stereocenters. The van der Waals surface area contributed by atoms with E-state index in [1.54, 1.807) is 12.1 Å². The number of rotatable bonds is 2. The topological polar surface area (TPSA) is 96.6 Å². The van der Waals surface area contributed by atoms with Crippen LogP contribution in [-0.2, 0) is 10.0 Å². The molecule has 17 heavy (non-hydrogen) atoms. The number of guanidine groups is 1. The van der Waals surface area contributed by atoms with E-state index >= 15 is 0 Å². The number of aliphatic imine (C=N–C) groups is 1. The highest BCUT2D eigenvalue weighted by Crippen LogP contribution is 2.11. The molecule has 0 fully saturated rings. The van der Waals surface area contributed by atoms with Crippen LogP contribution >= 0.6 is 0 Å². The van der Waals surface area contributed by atoms with Crippen molar-refractivity contribution in [2.75, 3.05) is 18.8 Å². The van der Waals surface area contributed by atoms with Gasteiger partial charge in [0, 0.05) is 18.8 Å². The molecule has 0 spiro atoms. The molecule has 1 aromatic carbocycles. The van der Waals surface area contributed by atoms with Crippen LogP contribution in [0.3, 0.4) is 0 Å². The van der Waals surface area contributed by atoms with Gasteiger partial charge in [-0.3, -0.25) is 4.99 Å². The predicted octanol–water partition coefficient (Wildman–Crippen LogP) is -0.104. The van der Waals surface area contributed by atoms with Crippen molar-refractivity contribution in [2.45, 2.75) is 11.3 Å². The number of hydrogen-bond donors (Lipinski definition) is 3. The SMILES string of the molecule is Nc1ccc(S(=O)(=O)NC2=NCCCN2)cc1. The van der Waals surface area contributed by atoms with Crippen molar-refractivity contribution in [3.8, 4) is 0 Å². The zero-order valence-electron chi connectivity index (χ0n) is 9.18. The molecule has 0 unspecified atom stereocenters. The lowest BCUT2D eigenvalue weighted by Gasteiger charge is -2.16. The lowest BCUT2D eigenvalue weighted by atomic mass is 10.3. The minimum atomic E-state index is -3.58. The second kappa shape index (κ2) is 4.62. The van der Waals surface area contributed by atoms with Crippen LogP contribution < -0.4 is 15.8 Å². The summed E-state index contributed by atoms with van der Waals surface area (Å²) in [4.78, 5) is 4.22. The van der Waals surface area contributed by atoms with Crippen molar-refractivity contribution in [1.82, 2.24) is 10.0 Å². The molecule has 6 nitrogen and oxygen atoms in total. The van der Waals surface area contributed by atoms with E-state index in [1.165, 1.54) is 12.1 Å². The molecule has 4 N–H and O–H groups in total. The number of sulfonamides is 1. The van der Waals surface area contributed by atoms with Crippen LogP contribution in [0.15, 0.2) is 34.2 Å². The normalized spacial score (nSPS) is 15.9. The van der Waals surface area contributed by atoms with Crippen molar-refractivity contribution in [2.24, 2.45) is 4.99 Å². The number of anilines is 1. The van der Waals surface area contributed by atoms with Gasteiger partial charge in [-0.2, -0.15) is 0 Å². The van der Waals surface area contributed by atoms with Crippen LogP contribution in [0.5, 0.6) is 0 Å². The molecule has 0 aliphatic carbocycles. The van der Waals surface area contributed by atoms with Crippen LogP contribution in [0.2, 0.25) is 0 Å². The number of benzene rings is 1. The minimum Gasteiger partial charge on any atom is -0.399 e. The molecular weight excluding hydrogens is 240 g/mol. The van der Waals surface area contributed by atoms with Crippen LogP contribution in [-0.4, -0.2) is 27.5 Å². The third-order valence-electron chi connectivity index (χ3n) is 2.32. The highest BCUT2D eigenvalue weighted by Gasteiger charge is 2.16. The van der Waals surface area contributed by atoms with E-state index in [4.69, 9.17) is 5.73 Å². The molecule has 1 heterocycles. The molecule has 0 saturated carbocycles. The standard InChI is InChI=1S/C10H14N4O2S/c11-8-2-4-9(5-3-8)17(15,16)14-10-12-6-1-7-13-10/h2-5H,1,6-7,11H2,(H2,12,13,14). The number of nitrogen functional groups attached to an aromatic ring is 1. The maximum absolute atomic E-state index is 11.9. The molecule has 1 aromatic rings. The van der Waals surface area contributed by atoms with Gasteiger partial charge in [0.15, 0.2) is 0 Å².